The van der Waals surface area contributed by atoms with Crippen LogP contribution in [0.15, 0.2) is 18.2 Å². The number of benzene rings is 1. The van der Waals surface area contributed by atoms with Gasteiger partial charge in [0.2, 0.25) is 0 Å². The lowest BCUT2D eigenvalue weighted by molar-refractivity contribution is -0.179. The molecule has 4 bridgehead atoms. The standard InChI is InChI=1S/C18H24O/c1-11-3-4-15(5-12(11)2)18(19)16-7-13-6-14(9-16)10-17(18)8-13/h3-5,13-14,16-17,19H,6-10H2,1-2H3. The minimum absolute atomic E-state index is 0.519. The first-order chi connectivity index (χ1) is 9.07. The van der Waals surface area contributed by atoms with E-state index in [0.717, 1.165) is 11.8 Å². The second kappa shape index (κ2) is 3.85. The number of hydrogen-bond donors (Lipinski definition) is 1. The van der Waals surface area contributed by atoms with Crippen molar-refractivity contribution in [2.75, 3.05) is 0 Å². The third-order valence-electron chi connectivity index (χ3n) is 6.35. The predicted molar refractivity (Wildman–Crippen MR) is 76.9 cm³/mol. The molecule has 0 aliphatic heterocycles. The summed E-state index contributed by atoms with van der Waals surface area (Å²) >= 11 is 0. The molecule has 19 heavy (non-hydrogen) atoms. The van der Waals surface area contributed by atoms with Gasteiger partial charge in [-0.2, -0.15) is 0 Å². The van der Waals surface area contributed by atoms with Crippen LogP contribution in [0.1, 0.15) is 48.8 Å². The molecule has 0 radical (unpaired) electrons. The molecule has 0 saturated heterocycles. The van der Waals surface area contributed by atoms with Gasteiger partial charge in [0, 0.05) is 0 Å². The van der Waals surface area contributed by atoms with Crippen LogP contribution in [0.5, 0.6) is 0 Å². The van der Waals surface area contributed by atoms with Gasteiger partial charge >= 0.3 is 0 Å². The van der Waals surface area contributed by atoms with Gasteiger partial charge in [-0.1, -0.05) is 18.2 Å². The summed E-state index contributed by atoms with van der Waals surface area (Å²) in [4.78, 5) is 0. The summed E-state index contributed by atoms with van der Waals surface area (Å²) < 4.78 is 0. The Kier molecular flexibility index (Phi) is 2.42. The van der Waals surface area contributed by atoms with Gasteiger partial charge in [-0.3, -0.25) is 0 Å². The van der Waals surface area contributed by atoms with Crippen molar-refractivity contribution in [3.8, 4) is 0 Å². The van der Waals surface area contributed by atoms with Crippen molar-refractivity contribution in [3.05, 3.63) is 34.9 Å². The van der Waals surface area contributed by atoms with Crippen LogP contribution in [0.25, 0.3) is 0 Å². The Labute approximate surface area is 116 Å². The molecule has 4 aliphatic rings. The third-order valence-corrected chi connectivity index (χ3v) is 6.35. The fraction of sp³-hybridized carbons (Fsp3) is 0.667. The topological polar surface area (TPSA) is 20.2 Å². The van der Waals surface area contributed by atoms with Crippen LogP contribution in [0.4, 0.5) is 0 Å². The van der Waals surface area contributed by atoms with E-state index < -0.39 is 5.60 Å². The van der Waals surface area contributed by atoms with E-state index in [1.807, 2.05) is 0 Å². The Morgan fingerprint density at radius 2 is 1.47 bits per heavy atom. The third kappa shape index (κ3) is 1.57. The van der Waals surface area contributed by atoms with E-state index in [0.29, 0.717) is 11.8 Å². The largest absolute Gasteiger partial charge is 0.385 e. The number of hydrogen-bond acceptors (Lipinski definition) is 1. The van der Waals surface area contributed by atoms with Crippen molar-refractivity contribution < 1.29 is 5.11 Å². The summed E-state index contributed by atoms with van der Waals surface area (Å²) in [6.45, 7) is 4.32. The zero-order chi connectivity index (χ0) is 13.2. The molecule has 5 rings (SSSR count). The van der Waals surface area contributed by atoms with Crippen molar-refractivity contribution in [2.24, 2.45) is 23.7 Å². The van der Waals surface area contributed by atoms with Crippen LogP contribution in [-0.2, 0) is 5.60 Å². The Hall–Kier alpha value is -0.820. The van der Waals surface area contributed by atoms with Crippen molar-refractivity contribution in [2.45, 2.75) is 51.6 Å². The minimum atomic E-state index is -0.522. The summed E-state index contributed by atoms with van der Waals surface area (Å²) in [5.74, 6) is 2.86. The minimum Gasteiger partial charge on any atom is -0.385 e. The highest BCUT2D eigenvalue weighted by atomic mass is 16.3. The monoisotopic (exact) mass is 256 g/mol. The quantitative estimate of drug-likeness (QED) is 0.806. The average molecular weight is 256 g/mol. The molecule has 1 nitrogen and oxygen atoms in total. The Bertz CT molecular complexity index is 488. The van der Waals surface area contributed by atoms with Gasteiger partial charge in [-0.15, -0.1) is 0 Å². The highest BCUT2D eigenvalue weighted by Gasteiger charge is 2.57. The second-order valence-corrected chi connectivity index (χ2v) is 7.43. The van der Waals surface area contributed by atoms with Gasteiger partial charge < -0.3 is 5.11 Å². The van der Waals surface area contributed by atoms with Crippen molar-refractivity contribution >= 4 is 0 Å². The molecule has 0 aromatic heterocycles. The molecular weight excluding hydrogens is 232 g/mol. The first kappa shape index (κ1) is 12.0. The number of aryl methyl sites for hydroxylation is 2. The molecule has 0 unspecified atom stereocenters. The van der Waals surface area contributed by atoms with Crippen molar-refractivity contribution in [1.29, 1.82) is 0 Å². The SMILES string of the molecule is Cc1ccc(C2(O)C3CC4CC(C3)CC2C4)cc1C. The van der Waals surface area contributed by atoms with Crippen LogP contribution >= 0.6 is 0 Å². The Balaban J connectivity index is 1.78. The van der Waals surface area contributed by atoms with Gasteiger partial charge in [-0.25, -0.2) is 0 Å². The number of rotatable bonds is 1. The zero-order valence-electron chi connectivity index (χ0n) is 12.0. The summed E-state index contributed by atoms with van der Waals surface area (Å²) in [5.41, 5.74) is 3.33. The Morgan fingerprint density at radius 3 is 2.00 bits per heavy atom. The molecule has 0 heterocycles. The first-order valence-electron chi connectivity index (χ1n) is 7.87. The highest BCUT2D eigenvalue weighted by molar-refractivity contribution is 5.35. The van der Waals surface area contributed by atoms with E-state index in [4.69, 9.17) is 0 Å². The van der Waals surface area contributed by atoms with Crippen molar-refractivity contribution in [1.82, 2.24) is 0 Å². The molecule has 4 saturated carbocycles. The molecule has 1 heteroatoms. The molecule has 1 aromatic rings. The van der Waals surface area contributed by atoms with E-state index in [1.54, 1.807) is 0 Å². The maximum absolute atomic E-state index is 11.5. The van der Waals surface area contributed by atoms with Crippen LogP contribution < -0.4 is 0 Å². The molecule has 4 fully saturated rings. The second-order valence-electron chi connectivity index (χ2n) is 7.43. The molecule has 4 aliphatic carbocycles. The van der Waals surface area contributed by atoms with Gasteiger partial charge in [0.1, 0.15) is 0 Å². The highest BCUT2D eigenvalue weighted by Crippen LogP contribution is 2.61. The smallest absolute Gasteiger partial charge is 0.0953 e. The van der Waals surface area contributed by atoms with Crippen LogP contribution in [0, 0.1) is 37.5 Å². The average Bonchev–Trinajstić information content (AvgIpc) is 2.38. The van der Waals surface area contributed by atoms with Gasteiger partial charge in [0.05, 0.1) is 5.60 Å². The fourth-order valence-electron chi connectivity index (χ4n) is 5.36. The van der Waals surface area contributed by atoms with Crippen LogP contribution in [0.3, 0.4) is 0 Å². The predicted octanol–water partition coefficient (Wildman–Crippen LogP) is 3.95. The summed E-state index contributed by atoms with van der Waals surface area (Å²) in [5, 5.41) is 11.5. The van der Waals surface area contributed by atoms with Crippen LogP contribution in [-0.4, -0.2) is 5.11 Å². The lowest BCUT2D eigenvalue weighted by Gasteiger charge is -2.59. The lowest BCUT2D eigenvalue weighted by Crippen LogP contribution is -2.55. The zero-order valence-corrected chi connectivity index (χ0v) is 12.0. The fourth-order valence-corrected chi connectivity index (χ4v) is 5.36. The number of aliphatic hydroxyl groups is 1. The normalized spacial score (nSPS) is 43.7. The van der Waals surface area contributed by atoms with E-state index in [2.05, 4.69) is 32.0 Å². The van der Waals surface area contributed by atoms with Gasteiger partial charge in [-0.05, 0) is 86.3 Å². The summed E-state index contributed by atoms with van der Waals surface area (Å²) in [6, 6.07) is 6.62. The maximum Gasteiger partial charge on any atom is 0.0953 e. The summed E-state index contributed by atoms with van der Waals surface area (Å²) in [6.07, 6.45) is 6.48. The molecule has 102 valence electrons. The maximum atomic E-state index is 11.5. The van der Waals surface area contributed by atoms with Gasteiger partial charge in [0.15, 0.2) is 0 Å². The molecule has 0 atom stereocenters. The molecule has 0 amide bonds. The Morgan fingerprint density at radius 1 is 0.895 bits per heavy atom. The molecule has 1 aromatic carbocycles. The van der Waals surface area contributed by atoms with E-state index in [9.17, 15) is 5.11 Å². The lowest BCUT2D eigenvalue weighted by atomic mass is 9.48. The van der Waals surface area contributed by atoms with Crippen molar-refractivity contribution in [3.63, 3.8) is 0 Å². The van der Waals surface area contributed by atoms with E-state index in [-0.39, 0.29) is 0 Å². The van der Waals surface area contributed by atoms with E-state index in [1.165, 1.54) is 48.8 Å². The molecule has 1 N–H and O–H groups in total. The van der Waals surface area contributed by atoms with Gasteiger partial charge in [0.25, 0.3) is 0 Å². The first-order valence-corrected chi connectivity index (χ1v) is 7.87. The van der Waals surface area contributed by atoms with E-state index >= 15 is 0 Å². The molecular formula is C18H24O. The molecule has 0 spiro atoms. The summed E-state index contributed by atoms with van der Waals surface area (Å²) in [7, 11) is 0. The van der Waals surface area contributed by atoms with Crippen LogP contribution in [0.2, 0.25) is 0 Å².